The van der Waals surface area contributed by atoms with Crippen molar-refractivity contribution in [1.29, 1.82) is 0 Å². The molecule has 8 nitrogen and oxygen atoms in total. The highest BCUT2D eigenvalue weighted by Crippen LogP contribution is 2.16. The first-order valence-electron chi connectivity index (χ1n) is 9.90. The molecule has 0 spiro atoms. The van der Waals surface area contributed by atoms with Gasteiger partial charge in [0.1, 0.15) is 0 Å². The van der Waals surface area contributed by atoms with Crippen LogP contribution < -0.4 is 11.1 Å². The molecule has 3 N–H and O–H groups in total. The van der Waals surface area contributed by atoms with E-state index < -0.39 is 5.97 Å². The summed E-state index contributed by atoms with van der Waals surface area (Å²) >= 11 is 0. The summed E-state index contributed by atoms with van der Waals surface area (Å²) in [6.07, 6.45) is 0.0456. The molecule has 8 heteroatoms. The van der Waals surface area contributed by atoms with Crippen LogP contribution in [0.15, 0.2) is 42.5 Å². The summed E-state index contributed by atoms with van der Waals surface area (Å²) in [4.78, 5) is 36.8. The number of nitrogens with two attached hydrogens (primary N) is 1. The highest BCUT2D eigenvalue weighted by atomic mass is 16.5. The van der Waals surface area contributed by atoms with Gasteiger partial charge < -0.3 is 15.8 Å². The number of carbonyl (C=O) groups excluding carboxylic acids is 2. The van der Waals surface area contributed by atoms with E-state index in [0.29, 0.717) is 5.56 Å². The van der Waals surface area contributed by atoms with Gasteiger partial charge in [-0.05, 0) is 44.5 Å². The standard InChI is InChI=1S/C23H25N5O3/c1-14-5-8-17(9-6-14)25-23-27-20(26-22(24)28-23)13-31-21(30)11-10-19(29)18-12-15(2)4-7-16(18)3/h4-9,12H,10-11,13H2,1-3H3,(H3,24,25,26,27,28). The molecule has 1 heterocycles. The van der Waals surface area contributed by atoms with Gasteiger partial charge in [0.2, 0.25) is 11.9 Å². The summed E-state index contributed by atoms with van der Waals surface area (Å²) < 4.78 is 5.22. The molecule has 160 valence electrons. The summed E-state index contributed by atoms with van der Waals surface area (Å²) in [6, 6.07) is 13.4. The molecule has 0 saturated carbocycles. The van der Waals surface area contributed by atoms with Crippen LogP contribution in [-0.2, 0) is 16.1 Å². The zero-order chi connectivity index (χ0) is 22.4. The van der Waals surface area contributed by atoms with Gasteiger partial charge in [-0.15, -0.1) is 0 Å². The number of rotatable bonds is 8. The van der Waals surface area contributed by atoms with Gasteiger partial charge in [-0.1, -0.05) is 35.4 Å². The highest BCUT2D eigenvalue weighted by molar-refractivity contribution is 5.98. The number of esters is 1. The van der Waals surface area contributed by atoms with Crippen LogP contribution in [-0.4, -0.2) is 26.7 Å². The molecule has 0 aliphatic carbocycles. The molecule has 0 unspecified atom stereocenters. The third kappa shape index (κ3) is 6.33. The first kappa shape index (κ1) is 21.9. The van der Waals surface area contributed by atoms with E-state index in [-0.39, 0.29) is 43.0 Å². The highest BCUT2D eigenvalue weighted by Gasteiger charge is 2.14. The van der Waals surface area contributed by atoms with Crippen LogP contribution >= 0.6 is 0 Å². The summed E-state index contributed by atoms with van der Waals surface area (Å²) in [6.45, 7) is 5.63. The van der Waals surface area contributed by atoms with Gasteiger partial charge in [0.05, 0.1) is 6.42 Å². The first-order valence-corrected chi connectivity index (χ1v) is 9.90. The van der Waals surface area contributed by atoms with E-state index >= 15 is 0 Å². The van der Waals surface area contributed by atoms with Gasteiger partial charge in [0.25, 0.3) is 0 Å². The number of hydrogen-bond donors (Lipinski definition) is 2. The topological polar surface area (TPSA) is 120 Å². The minimum atomic E-state index is -0.509. The van der Waals surface area contributed by atoms with Crippen LogP contribution in [0.5, 0.6) is 0 Å². The minimum Gasteiger partial charge on any atom is -0.457 e. The fraction of sp³-hybridized carbons (Fsp3) is 0.261. The van der Waals surface area contributed by atoms with Crippen molar-refractivity contribution in [2.45, 2.75) is 40.2 Å². The van der Waals surface area contributed by atoms with Gasteiger partial charge >= 0.3 is 5.97 Å². The number of aryl methyl sites for hydroxylation is 3. The Morgan fingerprint density at radius 3 is 2.39 bits per heavy atom. The average Bonchev–Trinajstić information content (AvgIpc) is 2.73. The fourth-order valence-corrected chi connectivity index (χ4v) is 2.93. The van der Waals surface area contributed by atoms with Crippen LogP contribution in [0.25, 0.3) is 0 Å². The van der Waals surface area contributed by atoms with Crippen molar-refractivity contribution in [1.82, 2.24) is 15.0 Å². The third-order valence-corrected chi connectivity index (χ3v) is 4.62. The van der Waals surface area contributed by atoms with Crippen molar-refractivity contribution in [3.8, 4) is 0 Å². The minimum absolute atomic E-state index is 0.0146. The van der Waals surface area contributed by atoms with E-state index in [1.807, 2.05) is 63.2 Å². The normalized spacial score (nSPS) is 10.5. The van der Waals surface area contributed by atoms with Crippen molar-refractivity contribution in [3.05, 3.63) is 70.5 Å². The summed E-state index contributed by atoms with van der Waals surface area (Å²) in [5.41, 5.74) is 10.2. The summed E-state index contributed by atoms with van der Waals surface area (Å²) in [5.74, 6) is -0.109. The molecule has 0 atom stereocenters. The molecule has 1 aromatic heterocycles. The van der Waals surface area contributed by atoms with Crippen LogP contribution in [0, 0.1) is 20.8 Å². The number of nitrogen functional groups attached to an aromatic ring is 1. The average molecular weight is 419 g/mol. The largest absolute Gasteiger partial charge is 0.457 e. The maximum absolute atomic E-state index is 12.4. The van der Waals surface area contributed by atoms with Crippen molar-refractivity contribution in [3.63, 3.8) is 0 Å². The van der Waals surface area contributed by atoms with Crippen molar-refractivity contribution < 1.29 is 14.3 Å². The zero-order valence-corrected chi connectivity index (χ0v) is 17.8. The lowest BCUT2D eigenvalue weighted by molar-refractivity contribution is -0.145. The number of aromatic nitrogens is 3. The monoisotopic (exact) mass is 419 g/mol. The van der Waals surface area contributed by atoms with Gasteiger partial charge in [-0.25, -0.2) is 0 Å². The molecule has 0 aliphatic heterocycles. The summed E-state index contributed by atoms with van der Waals surface area (Å²) in [7, 11) is 0. The molecular weight excluding hydrogens is 394 g/mol. The maximum Gasteiger partial charge on any atom is 0.306 e. The van der Waals surface area contributed by atoms with E-state index in [9.17, 15) is 9.59 Å². The molecule has 0 aliphatic rings. The van der Waals surface area contributed by atoms with Gasteiger partial charge in [0.15, 0.2) is 18.2 Å². The molecule has 0 bridgehead atoms. The molecule has 0 radical (unpaired) electrons. The lowest BCUT2D eigenvalue weighted by atomic mass is 9.99. The van der Waals surface area contributed by atoms with Crippen LogP contribution in [0.1, 0.15) is 45.7 Å². The Bertz CT molecular complexity index is 1100. The third-order valence-electron chi connectivity index (χ3n) is 4.62. The Balaban J connectivity index is 1.55. The Morgan fingerprint density at radius 2 is 1.65 bits per heavy atom. The quantitative estimate of drug-likeness (QED) is 0.417. The molecule has 3 rings (SSSR count). The number of carbonyl (C=O) groups is 2. The van der Waals surface area contributed by atoms with E-state index in [0.717, 1.165) is 22.4 Å². The van der Waals surface area contributed by atoms with Gasteiger partial charge in [0, 0.05) is 17.7 Å². The van der Waals surface area contributed by atoms with Crippen molar-refractivity contribution >= 4 is 29.3 Å². The maximum atomic E-state index is 12.4. The fourth-order valence-electron chi connectivity index (χ4n) is 2.93. The summed E-state index contributed by atoms with van der Waals surface area (Å²) in [5, 5.41) is 3.04. The van der Waals surface area contributed by atoms with E-state index in [1.54, 1.807) is 0 Å². The lowest BCUT2D eigenvalue weighted by Gasteiger charge is -2.09. The Kier molecular flexibility index (Phi) is 6.92. The number of ketones is 1. The predicted molar refractivity (Wildman–Crippen MR) is 118 cm³/mol. The molecule has 0 fully saturated rings. The lowest BCUT2D eigenvalue weighted by Crippen LogP contribution is -2.12. The predicted octanol–water partition coefficient (Wildman–Crippen LogP) is 3.83. The van der Waals surface area contributed by atoms with Crippen LogP contribution in [0.2, 0.25) is 0 Å². The Morgan fingerprint density at radius 1 is 0.935 bits per heavy atom. The molecular formula is C23H25N5O3. The number of benzene rings is 2. The van der Waals surface area contributed by atoms with Crippen molar-refractivity contribution in [2.75, 3.05) is 11.1 Å². The molecule has 3 aromatic rings. The first-order chi connectivity index (χ1) is 14.8. The van der Waals surface area contributed by atoms with Gasteiger partial charge in [-0.3, -0.25) is 9.59 Å². The van der Waals surface area contributed by atoms with Gasteiger partial charge in [-0.2, -0.15) is 15.0 Å². The van der Waals surface area contributed by atoms with E-state index in [2.05, 4.69) is 20.3 Å². The molecule has 31 heavy (non-hydrogen) atoms. The second kappa shape index (κ2) is 9.80. The van der Waals surface area contributed by atoms with Crippen molar-refractivity contribution in [2.24, 2.45) is 0 Å². The smallest absolute Gasteiger partial charge is 0.306 e. The number of anilines is 3. The van der Waals surface area contributed by atoms with Crippen LogP contribution in [0.3, 0.4) is 0 Å². The number of ether oxygens (including phenoxy) is 1. The van der Waals surface area contributed by atoms with E-state index in [4.69, 9.17) is 10.5 Å². The number of Topliss-reactive ketones (excluding diaryl/α,β-unsaturated/α-hetero) is 1. The van der Waals surface area contributed by atoms with Crippen LogP contribution in [0.4, 0.5) is 17.6 Å². The van der Waals surface area contributed by atoms with E-state index in [1.165, 1.54) is 0 Å². The molecule has 0 saturated heterocycles. The Labute approximate surface area is 180 Å². The molecule has 2 aromatic carbocycles. The second-order valence-corrected chi connectivity index (χ2v) is 7.33. The zero-order valence-electron chi connectivity index (χ0n) is 17.8. The number of nitrogens with zero attached hydrogens (tertiary/aromatic N) is 3. The SMILES string of the molecule is Cc1ccc(Nc2nc(N)nc(COC(=O)CCC(=O)c3cc(C)ccc3C)n2)cc1. The number of hydrogen-bond acceptors (Lipinski definition) is 8. The Hall–Kier alpha value is -3.81. The number of nitrogens with one attached hydrogen (secondary N) is 1. The second-order valence-electron chi connectivity index (χ2n) is 7.33. The molecule has 0 amide bonds.